The minimum absolute atomic E-state index is 0.255. The molecule has 0 spiro atoms. The first kappa shape index (κ1) is 17.3. The van der Waals surface area contributed by atoms with Gasteiger partial charge in [0.25, 0.3) is 0 Å². The van der Waals surface area contributed by atoms with Gasteiger partial charge < -0.3 is 21.1 Å². The van der Waals surface area contributed by atoms with Gasteiger partial charge in [-0.05, 0) is 42.3 Å². The van der Waals surface area contributed by atoms with Crippen LogP contribution in [0, 0.1) is 5.82 Å². The Hall–Kier alpha value is -3.09. The molecule has 2 aromatic rings. The molecule has 24 heavy (non-hydrogen) atoms. The van der Waals surface area contributed by atoms with Crippen molar-refractivity contribution in [3.8, 4) is 5.75 Å². The van der Waals surface area contributed by atoms with Gasteiger partial charge in [-0.15, -0.1) is 0 Å². The molecule has 0 heterocycles. The van der Waals surface area contributed by atoms with E-state index in [0.29, 0.717) is 24.4 Å². The Kier molecular flexibility index (Phi) is 5.73. The van der Waals surface area contributed by atoms with Crippen LogP contribution in [0.25, 0.3) is 0 Å². The first-order valence-electron chi connectivity index (χ1n) is 7.26. The van der Waals surface area contributed by atoms with E-state index in [1.807, 2.05) is 0 Å². The maximum Gasteiger partial charge on any atom is 0.319 e. The van der Waals surface area contributed by atoms with Crippen molar-refractivity contribution in [2.75, 3.05) is 19.0 Å². The monoisotopic (exact) mass is 331 g/mol. The van der Waals surface area contributed by atoms with Crippen molar-refractivity contribution < 1.29 is 18.7 Å². The lowest BCUT2D eigenvalue weighted by molar-refractivity contribution is 0.1000. The fourth-order valence-electron chi connectivity index (χ4n) is 2.14. The largest absolute Gasteiger partial charge is 0.495 e. The van der Waals surface area contributed by atoms with Gasteiger partial charge in [-0.1, -0.05) is 12.1 Å². The number of amides is 3. The van der Waals surface area contributed by atoms with Crippen molar-refractivity contribution in [1.82, 2.24) is 5.32 Å². The number of methoxy groups -OCH3 is 1. The summed E-state index contributed by atoms with van der Waals surface area (Å²) in [6, 6.07) is 10.2. The summed E-state index contributed by atoms with van der Waals surface area (Å²) in [5.41, 5.74) is 6.59. The summed E-state index contributed by atoms with van der Waals surface area (Å²) in [5, 5.41) is 5.25. The molecule has 6 nitrogen and oxygen atoms in total. The number of urea groups is 1. The van der Waals surface area contributed by atoms with Crippen LogP contribution in [0.5, 0.6) is 5.75 Å². The minimum Gasteiger partial charge on any atom is -0.495 e. The van der Waals surface area contributed by atoms with Gasteiger partial charge >= 0.3 is 6.03 Å². The second-order valence-electron chi connectivity index (χ2n) is 5.04. The highest BCUT2D eigenvalue weighted by molar-refractivity contribution is 5.97. The first-order chi connectivity index (χ1) is 11.5. The van der Waals surface area contributed by atoms with E-state index in [1.54, 1.807) is 18.2 Å². The molecule has 7 heteroatoms. The van der Waals surface area contributed by atoms with Gasteiger partial charge in [0.2, 0.25) is 5.91 Å². The quantitative estimate of drug-likeness (QED) is 0.758. The van der Waals surface area contributed by atoms with Crippen LogP contribution in [-0.2, 0) is 6.42 Å². The van der Waals surface area contributed by atoms with E-state index in [9.17, 15) is 14.0 Å². The van der Waals surface area contributed by atoms with E-state index >= 15 is 0 Å². The molecule has 0 bridgehead atoms. The summed E-state index contributed by atoms with van der Waals surface area (Å²) in [5.74, 6) is -0.516. The summed E-state index contributed by atoms with van der Waals surface area (Å²) in [4.78, 5) is 23.2. The van der Waals surface area contributed by atoms with Crippen LogP contribution in [0.4, 0.5) is 14.9 Å². The molecule has 4 N–H and O–H groups in total. The Balaban J connectivity index is 1.94. The average Bonchev–Trinajstić information content (AvgIpc) is 2.54. The molecule has 0 aliphatic rings. The van der Waals surface area contributed by atoms with E-state index in [-0.39, 0.29) is 11.4 Å². The van der Waals surface area contributed by atoms with E-state index < -0.39 is 11.9 Å². The molecule has 2 aromatic carbocycles. The van der Waals surface area contributed by atoms with Crippen LogP contribution in [0.15, 0.2) is 42.5 Å². The summed E-state index contributed by atoms with van der Waals surface area (Å²) in [6.07, 6.45) is 0.490. The van der Waals surface area contributed by atoms with Crippen molar-refractivity contribution in [3.63, 3.8) is 0 Å². The lowest BCUT2D eigenvalue weighted by Crippen LogP contribution is -2.30. The Labute approximate surface area is 138 Å². The van der Waals surface area contributed by atoms with E-state index in [0.717, 1.165) is 5.56 Å². The number of ether oxygens (including phenoxy) is 1. The lowest BCUT2D eigenvalue weighted by atomic mass is 10.1. The summed E-state index contributed by atoms with van der Waals surface area (Å²) in [6.45, 7) is 0.327. The summed E-state index contributed by atoms with van der Waals surface area (Å²) in [7, 11) is 1.45. The van der Waals surface area contributed by atoms with Crippen LogP contribution in [0.3, 0.4) is 0 Å². The van der Waals surface area contributed by atoms with Gasteiger partial charge in [0, 0.05) is 12.1 Å². The van der Waals surface area contributed by atoms with Crippen LogP contribution >= 0.6 is 0 Å². The SMILES string of the molecule is COc1ccc(C(N)=O)cc1NC(=O)NCCc1cccc(F)c1. The molecule has 0 aliphatic heterocycles. The number of hydrogen-bond acceptors (Lipinski definition) is 3. The molecule has 0 aliphatic carbocycles. The molecule has 0 radical (unpaired) electrons. The second-order valence-corrected chi connectivity index (χ2v) is 5.04. The van der Waals surface area contributed by atoms with Gasteiger partial charge in [-0.3, -0.25) is 4.79 Å². The lowest BCUT2D eigenvalue weighted by Gasteiger charge is -2.12. The average molecular weight is 331 g/mol. The second kappa shape index (κ2) is 7.96. The number of benzene rings is 2. The van der Waals surface area contributed by atoms with Crippen molar-refractivity contribution in [3.05, 3.63) is 59.4 Å². The third-order valence-corrected chi connectivity index (χ3v) is 3.32. The molecule has 0 aromatic heterocycles. The molecule has 0 saturated carbocycles. The number of halogens is 1. The number of hydrogen-bond donors (Lipinski definition) is 3. The van der Waals surface area contributed by atoms with E-state index in [2.05, 4.69) is 10.6 Å². The molecule has 0 unspecified atom stereocenters. The van der Waals surface area contributed by atoms with E-state index in [4.69, 9.17) is 10.5 Å². The van der Waals surface area contributed by atoms with Crippen molar-refractivity contribution in [2.24, 2.45) is 5.73 Å². The third kappa shape index (κ3) is 4.70. The number of rotatable bonds is 6. The number of anilines is 1. The highest BCUT2D eigenvalue weighted by Gasteiger charge is 2.10. The summed E-state index contributed by atoms with van der Waals surface area (Å²) >= 11 is 0. The normalized spacial score (nSPS) is 10.1. The van der Waals surface area contributed by atoms with Gasteiger partial charge in [0.05, 0.1) is 12.8 Å². The highest BCUT2D eigenvalue weighted by Crippen LogP contribution is 2.25. The van der Waals surface area contributed by atoms with Gasteiger partial charge in [-0.2, -0.15) is 0 Å². The number of primary amides is 1. The standard InChI is InChI=1S/C17H18FN3O3/c1-24-15-6-5-12(16(19)22)10-14(15)21-17(23)20-8-7-11-3-2-4-13(18)9-11/h2-6,9-10H,7-8H2,1H3,(H2,19,22)(H2,20,21,23). The third-order valence-electron chi connectivity index (χ3n) is 3.32. The number of nitrogens with two attached hydrogens (primary N) is 1. The molecule has 0 saturated heterocycles. The van der Waals surface area contributed by atoms with Crippen LogP contribution < -0.4 is 21.1 Å². The van der Waals surface area contributed by atoms with Crippen LogP contribution in [-0.4, -0.2) is 25.6 Å². The minimum atomic E-state index is -0.604. The van der Waals surface area contributed by atoms with Gasteiger partial charge in [0.1, 0.15) is 11.6 Å². The Morgan fingerprint density at radius 2 is 2.00 bits per heavy atom. The van der Waals surface area contributed by atoms with Gasteiger partial charge in [0.15, 0.2) is 0 Å². The van der Waals surface area contributed by atoms with Crippen LogP contribution in [0.1, 0.15) is 15.9 Å². The maximum atomic E-state index is 13.1. The predicted octanol–water partition coefficient (Wildman–Crippen LogP) is 2.30. The van der Waals surface area contributed by atoms with Crippen LogP contribution in [0.2, 0.25) is 0 Å². The Morgan fingerprint density at radius 1 is 1.21 bits per heavy atom. The predicted molar refractivity (Wildman–Crippen MR) is 88.6 cm³/mol. The molecule has 0 fully saturated rings. The number of nitrogens with one attached hydrogen (secondary N) is 2. The van der Waals surface area contributed by atoms with Crippen molar-refractivity contribution in [1.29, 1.82) is 0 Å². The fraction of sp³-hybridized carbons (Fsp3) is 0.176. The van der Waals surface area contributed by atoms with Crippen molar-refractivity contribution >= 4 is 17.6 Å². The zero-order valence-electron chi connectivity index (χ0n) is 13.1. The zero-order valence-corrected chi connectivity index (χ0v) is 13.1. The first-order valence-corrected chi connectivity index (χ1v) is 7.26. The Morgan fingerprint density at radius 3 is 2.67 bits per heavy atom. The molecular weight excluding hydrogens is 313 g/mol. The highest BCUT2D eigenvalue weighted by atomic mass is 19.1. The smallest absolute Gasteiger partial charge is 0.319 e. The maximum absolute atomic E-state index is 13.1. The number of carbonyl (C=O) groups excluding carboxylic acids is 2. The number of carbonyl (C=O) groups is 2. The fourth-order valence-corrected chi connectivity index (χ4v) is 2.14. The molecule has 0 atom stereocenters. The zero-order chi connectivity index (χ0) is 17.5. The Bertz CT molecular complexity index is 750. The molecule has 3 amide bonds. The van der Waals surface area contributed by atoms with Gasteiger partial charge in [-0.25, -0.2) is 9.18 Å². The van der Waals surface area contributed by atoms with Crippen molar-refractivity contribution in [2.45, 2.75) is 6.42 Å². The molecular formula is C17H18FN3O3. The topological polar surface area (TPSA) is 93.4 Å². The molecule has 2 rings (SSSR count). The van der Waals surface area contributed by atoms with E-state index in [1.165, 1.54) is 31.4 Å². The summed E-state index contributed by atoms with van der Waals surface area (Å²) < 4.78 is 18.2. The molecule has 126 valence electrons.